The van der Waals surface area contributed by atoms with Crippen LogP contribution in [-0.4, -0.2) is 17.8 Å². The molecule has 0 radical (unpaired) electrons. The summed E-state index contributed by atoms with van der Waals surface area (Å²) in [6.07, 6.45) is 0.409. The maximum atomic E-state index is 13.7. The lowest BCUT2D eigenvalue weighted by molar-refractivity contribution is 0.234. The molecule has 1 aromatic carbocycles. The second-order valence-electron chi connectivity index (χ2n) is 5.43. The molecule has 0 aliphatic heterocycles. The number of hydrogen-bond acceptors (Lipinski definition) is 3. The van der Waals surface area contributed by atoms with Crippen molar-refractivity contribution in [3.63, 3.8) is 0 Å². The Balaban J connectivity index is 3.01. The summed E-state index contributed by atoms with van der Waals surface area (Å²) in [5.74, 6) is -1.45. The minimum absolute atomic E-state index is 0.0463. The first-order valence-corrected chi connectivity index (χ1v) is 5.87. The van der Waals surface area contributed by atoms with Gasteiger partial charge in [0.05, 0.1) is 0 Å². The van der Waals surface area contributed by atoms with Crippen LogP contribution in [-0.2, 0) is 0 Å². The maximum absolute atomic E-state index is 13.7. The summed E-state index contributed by atoms with van der Waals surface area (Å²) in [6, 6.07) is 1.91. The van der Waals surface area contributed by atoms with Crippen LogP contribution >= 0.6 is 0 Å². The highest BCUT2D eigenvalue weighted by molar-refractivity contribution is 5.54. The standard InChI is InChI=1S/C13H20F2N2O/c1-13(2,3)11(4-5-18)17-12-9(14)6-8(16)7-10(12)15/h6-7,11,17-18H,4-5,16H2,1-3H3. The zero-order chi connectivity index (χ0) is 13.9. The van der Waals surface area contributed by atoms with Crippen LogP contribution in [0.3, 0.4) is 0 Å². The highest BCUT2D eigenvalue weighted by Crippen LogP contribution is 2.29. The number of benzene rings is 1. The molecular formula is C13H20F2N2O. The molecule has 0 saturated carbocycles. The summed E-state index contributed by atoms with van der Waals surface area (Å²) in [7, 11) is 0. The zero-order valence-corrected chi connectivity index (χ0v) is 10.9. The van der Waals surface area contributed by atoms with Crippen molar-refractivity contribution in [3.05, 3.63) is 23.8 Å². The Hall–Kier alpha value is -1.36. The summed E-state index contributed by atoms with van der Waals surface area (Å²) in [5.41, 5.74) is 4.97. The zero-order valence-electron chi connectivity index (χ0n) is 10.9. The van der Waals surface area contributed by atoms with Gasteiger partial charge in [-0.1, -0.05) is 20.8 Å². The Morgan fingerprint density at radius 2 is 1.78 bits per heavy atom. The third-order valence-corrected chi connectivity index (χ3v) is 2.85. The van der Waals surface area contributed by atoms with E-state index in [9.17, 15) is 8.78 Å². The lowest BCUT2D eigenvalue weighted by Crippen LogP contribution is -2.35. The van der Waals surface area contributed by atoms with Crippen LogP contribution < -0.4 is 11.1 Å². The fourth-order valence-electron chi connectivity index (χ4n) is 1.76. The maximum Gasteiger partial charge on any atom is 0.151 e. The van der Waals surface area contributed by atoms with Gasteiger partial charge in [-0.3, -0.25) is 0 Å². The summed E-state index contributed by atoms with van der Waals surface area (Å²) < 4.78 is 27.3. The predicted molar refractivity (Wildman–Crippen MR) is 69.3 cm³/mol. The van der Waals surface area contributed by atoms with Crippen molar-refractivity contribution in [2.45, 2.75) is 33.2 Å². The van der Waals surface area contributed by atoms with E-state index in [-0.39, 0.29) is 29.4 Å². The second-order valence-corrected chi connectivity index (χ2v) is 5.43. The molecule has 0 fully saturated rings. The number of nitrogen functional groups attached to an aromatic ring is 1. The summed E-state index contributed by atoms with van der Waals surface area (Å²) in [6.45, 7) is 5.77. The van der Waals surface area contributed by atoms with E-state index < -0.39 is 11.6 Å². The van der Waals surface area contributed by atoms with Gasteiger partial charge >= 0.3 is 0 Å². The van der Waals surface area contributed by atoms with Gasteiger partial charge in [-0.05, 0) is 24.0 Å². The van der Waals surface area contributed by atoms with Crippen LogP contribution in [0.15, 0.2) is 12.1 Å². The third kappa shape index (κ3) is 3.57. The number of aliphatic hydroxyl groups is 1. The Morgan fingerprint density at radius 3 is 2.17 bits per heavy atom. The van der Waals surface area contributed by atoms with Gasteiger partial charge in [0.15, 0.2) is 11.6 Å². The van der Waals surface area contributed by atoms with Crippen molar-refractivity contribution in [1.82, 2.24) is 0 Å². The summed E-state index contributed by atoms with van der Waals surface area (Å²) in [4.78, 5) is 0. The molecule has 4 N–H and O–H groups in total. The van der Waals surface area contributed by atoms with Gasteiger partial charge in [0.25, 0.3) is 0 Å². The molecule has 0 aromatic heterocycles. The number of anilines is 2. The van der Waals surface area contributed by atoms with E-state index >= 15 is 0 Å². The van der Waals surface area contributed by atoms with Gasteiger partial charge < -0.3 is 16.2 Å². The van der Waals surface area contributed by atoms with Crippen LogP contribution in [0, 0.1) is 17.0 Å². The molecule has 1 atom stereocenters. The molecule has 18 heavy (non-hydrogen) atoms. The molecule has 3 nitrogen and oxygen atoms in total. The van der Waals surface area contributed by atoms with Crippen LogP contribution in [0.1, 0.15) is 27.2 Å². The number of hydrogen-bond donors (Lipinski definition) is 3. The quantitative estimate of drug-likeness (QED) is 0.728. The average molecular weight is 258 g/mol. The van der Waals surface area contributed by atoms with Gasteiger partial charge in [-0.25, -0.2) is 8.78 Å². The Kier molecular flexibility index (Phi) is 4.51. The number of rotatable bonds is 4. The van der Waals surface area contributed by atoms with Crippen molar-refractivity contribution in [2.24, 2.45) is 5.41 Å². The Bertz CT molecular complexity index is 393. The minimum atomic E-state index is -0.723. The predicted octanol–water partition coefficient (Wildman–Crippen LogP) is 2.76. The van der Waals surface area contributed by atoms with Gasteiger partial charge in [0.1, 0.15) is 5.69 Å². The first-order chi connectivity index (χ1) is 8.25. The van der Waals surface area contributed by atoms with E-state index in [0.717, 1.165) is 12.1 Å². The summed E-state index contributed by atoms with van der Waals surface area (Å²) in [5, 5.41) is 11.8. The van der Waals surface area contributed by atoms with Crippen molar-refractivity contribution in [3.8, 4) is 0 Å². The van der Waals surface area contributed by atoms with Crippen molar-refractivity contribution in [2.75, 3.05) is 17.7 Å². The molecule has 1 aromatic rings. The fourth-order valence-corrected chi connectivity index (χ4v) is 1.76. The number of nitrogens with one attached hydrogen (secondary N) is 1. The van der Waals surface area contributed by atoms with Crippen molar-refractivity contribution < 1.29 is 13.9 Å². The normalized spacial score (nSPS) is 13.4. The molecule has 5 heteroatoms. The van der Waals surface area contributed by atoms with E-state index in [2.05, 4.69) is 5.32 Å². The first-order valence-electron chi connectivity index (χ1n) is 5.87. The van der Waals surface area contributed by atoms with Gasteiger partial charge in [0, 0.05) is 18.3 Å². The molecule has 0 amide bonds. The lowest BCUT2D eigenvalue weighted by Gasteiger charge is -2.32. The van der Waals surface area contributed by atoms with E-state index in [1.165, 1.54) is 0 Å². The molecule has 0 heterocycles. The van der Waals surface area contributed by atoms with E-state index in [1.54, 1.807) is 0 Å². The van der Waals surface area contributed by atoms with Crippen molar-refractivity contribution >= 4 is 11.4 Å². The van der Waals surface area contributed by atoms with E-state index in [0.29, 0.717) is 6.42 Å². The first kappa shape index (κ1) is 14.7. The van der Waals surface area contributed by atoms with Gasteiger partial charge in [-0.15, -0.1) is 0 Å². The molecule has 1 rings (SSSR count). The number of nitrogens with two attached hydrogens (primary N) is 1. The van der Waals surface area contributed by atoms with Crippen LogP contribution in [0.5, 0.6) is 0 Å². The second kappa shape index (κ2) is 5.52. The van der Waals surface area contributed by atoms with Gasteiger partial charge in [0.2, 0.25) is 0 Å². The molecule has 0 aliphatic carbocycles. The fraction of sp³-hybridized carbons (Fsp3) is 0.538. The van der Waals surface area contributed by atoms with Crippen LogP contribution in [0.25, 0.3) is 0 Å². The number of aliphatic hydroxyl groups excluding tert-OH is 1. The molecule has 1 unspecified atom stereocenters. The average Bonchev–Trinajstić information content (AvgIpc) is 2.19. The Labute approximate surface area is 106 Å². The lowest BCUT2D eigenvalue weighted by atomic mass is 9.84. The SMILES string of the molecule is CC(C)(C)C(CCO)Nc1c(F)cc(N)cc1F. The van der Waals surface area contributed by atoms with Gasteiger partial charge in [-0.2, -0.15) is 0 Å². The molecule has 0 aliphatic rings. The largest absolute Gasteiger partial charge is 0.399 e. The Morgan fingerprint density at radius 1 is 1.28 bits per heavy atom. The monoisotopic (exact) mass is 258 g/mol. The van der Waals surface area contributed by atoms with E-state index in [1.807, 2.05) is 20.8 Å². The summed E-state index contributed by atoms with van der Waals surface area (Å²) >= 11 is 0. The third-order valence-electron chi connectivity index (χ3n) is 2.85. The molecule has 0 spiro atoms. The molecule has 0 bridgehead atoms. The molecular weight excluding hydrogens is 238 g/mol. The molecule has 0 saturated heterocycles. The van der Waals surface area contributed by atoms with Crippen LogP contribution in [0.4, 0.5) is 20.2 Å². The number of halogens is 2. The highest BCUT2D eigenvalue weighted by Gasteiger charge is 2.26. The van der Waals surface area contributed by atoms with E-state index in [4.69, 9.17) is 10.8 Å². The van der Waals surface area contributed by atoms with Crippen molar-refractivity contribution in [1.29, 1.82) is 0 Å². The smallest absolute Gasteiger partial charge is 0.151 e. The highest BCUT2D eigenvalue weighted by atomic mass is 19.1. The molecule has 102 valence electrons. The van der Waals surface area contributed by atoms with Crippen LogP contribution in [0.2, 0.25) is 0 Å². The topological polar surface area (TPSA) is 58.3 Å². The minimum Gasteiger partial charge on any atom is -0.399 e.